The summed E-state index contributed by atoms with van der Waals surface area (Å²) in [4.78, 5) is 23.0. The van der Waals surface area contributed by atoms with E-state index in [1.165, 1.54) is 11.8 Å². The predicted octanol–water partition coefficient (Wildman–Crippen LogP) is 4.77. The molecule has 2 heterocycles. The molecule has 3 aromatic rings. The van der Waals surface area contributed by atoms with E-state index in [1.807, 2.05) is 50.2 Å². The van der Waals surface area contributed by atoms with Crippen molar-refractivity contribution in [2.75, 3.05) is 5.32 Å². The van der Waals surface area contributed by atoms with Gasteiger partial charge in [0.25, 0.3) is 0 Å². The number of thiophene rings is 1. The number of hydrogen-bond donors (Lipinski definition) is 1. The van der Waals surface area contributed by atoms with Crippen LogP contribution in [0.2, 0.25) is 5.15 Å². The number of aromatic nitrogens is 2. The van der Waals surface area contributed by atoms with Gasteiger partial charge in [0.1, 0.15) is 9.98 Å². The molecule has 1 unspecified atom stereocenters. The topological polar surface area (TPSA) is 54.9 Å². The minimum Gasteiger partial charge on any atom is -0.325 e. The van der Waals surface area contributed by atoms with Crippen LogP contribution in [-0.4, -0.2) is 21.1 Å². The van der Waals surface area contributed by atoms with Crippen LogP contribution in [0.1, 0.15) is 11.8 Å². The highest BCUT2D eigenvalue weighted by atomic mass is 35.5. The molecule has 3 rings (SSSR count). The number of amides is 1. The first kappa shape index (κ1) is 16.2. The van der Waals surface area contributed by atoms with Gasteiger partial charge in [-0.1, -0.05) is 41.6 Å². The second-order valence-electron chi connectivity index (χ2n) is 4.99. The van der Waals surface area contributed by atoms with E-state index in [9.17, 15) is 4.79 Å². The first-order valence-electron chi connectivity index (χ1n) is 6.99. The van der Waals surface area contributed by atoms with Crippen molar-refractivity contribution in [2.45, 2.75) is 24.3 Å². The number of nitrogens with one attached hydrogen (secondary N) is 1. The van der Waals surface area contributed by atoms with Crippen molar-refractivity contribution in [1.29, 1.82) is 0 Å². The molecule has 0 aliphatic rings. The highest BCUT2D eigenvalue weighted by Crippen LogP contribution is 2.31. The van der Waals surface area contributed by atoms with Gasteiger partial charge in [0.2, 0.25) is 5.91 Å². The summed E-state index contributed by atoms with van der Waals surface area (Å²) < 4.78 is 0. The molecule has 7 heteroatoms. The maximum Gasteiger partial charge on any atom is 0.237 e. The van der Waals surface area contributed by atoms with Crippen LogP contribution in [0, 0.1) is 6.92 Å². The van der Waals surface area contributed by atoms with E-state index in [0.717, 1.165) is 20.8 Å². The maximum absolute atomic E-state index is 12.3. The molecule has 1 N–H and O–H groups in total. The molecule has 0 fully saturated rings. The van der Waals surface area contributed by atoms with E-state index in [0.29, 0.717) is 10.3 Å². The number of para-hydroxylation sites is 1. The summed E-state index contributed by atoms with van der Waals surface area (Å²) in [6.07, 6.45) is 0. The zero-order chi connectivity index (χ0) is 16.4. The normalized spacial score (nSPS) is 12.3. The van der Waals surface area contributed by atoms with Crippen molar-refractivity contribution >= 4 is 56.5 Å². The zero-order valence-corrected chi connectivity index (χ0v) is 14.9. The van der Waals surface area contributed by atoms with E-state index < -0.39 is 0 Å². The monoisotopic (exact) mass is 363 g/mol. The van der Waals surface area contributed by atoms with Gasteiger partial charge >= 0.3 is 0 Å². The quantitative estimate of drug-likeness (QED) is 0.412. The summed E-state index contributed by atoms with van der Waals surface area (Å²) in [5, 5.41) is 4.35. The Hall–Kier alpha value is -1.63. The molecule has 0 saturated heterocycles. The van der Waals surface area contributed by atoms with Crippen molar-refractivity contribution in [3.8, 4) is 0 Å². The van der Waals surface area contributed by atoms with E-state index in [-0.39, 0.29) is 11.2 Å². The number of aryl methyl sites for hydroxylation is 1. The van der Waals surface area contributed by atoms with Crippen LogP contribution in [0.5, 0.6) is 0 Å². The molecular weight excluding hydrogens is 350 g/mol. The Kier molecular flexibility index (Phi) is 4.84. The third-order valence-corrected chi connectivity index (χ3v) is 5.34. The van der Waals surface area contributed by atoms with Gasteiger partial charge in [-0.2, -0.15) is 0 Å². The van der Waals surface area contributed by atoms with Gasteiger partial charge in [0.15, 0.2) is 5.16 Å². The Morgan fingerprint density at radius 3 is 2.78 bits per heavy atom. The summed E-state index contributed by atoms with van der Waals surface area (Å²) in [6.45, 7) is 3.83. The molecule has 1 aromatic carbocycles. The highest BCUT2D eigenvalue weighted by molar-refractivity contribution is 8.00. The minimum absolute atomic E-state index is 0.0941. The molecule has 0 aliphatic carbocycles. The summed E-state index contributed by atoms with van der Waals surface area (Å²) in [5.41, 5.74) is 0.772. The number of anilines is 1. The van der Waals surface area contributed by atoms with Crippen LogP contribution in [0.4, 0.5) is 5.69 Å². The largest absolute Gasteiger partial charge is 0.325 e. The Morgan fingerprint density at radius 2 is 2.04 bits per heavy atom. The molecule has 1 atom stereocenters. The van der Waals surface area contributed by atoms with Crippen molar-refractivity contribution in [2.24, 2.45) is 0 Å². The molecule has 1 amide bonds. The molecule has 0 radical (unpaired) electrons. The van der Waals surface area contributed by atoms with Gasteiger partial charge in [-0.15, -0.1) is 11.3 Å². The van der Waals surface area contributed by atoms with Crippen LogP contribution < -0.4 is 5.32 Å². The molecule has 23 heavy (non-hydrogen) atoms. The SMILES string of the molecule is Cc1cc2c(Cl)nc(SC(C)C(=O)Nc3ccccc3)nc2s1. The first-order chi connectivity index (χ1) is 11.0. The number of halogens is 1. The molecule has 118 valence electrons. The summed E-state index contributed by atoms with van der Waals surface area (Å²) in [7, 11) is 0. The van der Waals surface area contributed by atoms with Gasteiger partial charge in [-0.25, -0.2) is 9.97 Å². The van der Waals surface area contributed by atoms with Crippen molar-refractivity contribution < 1.29 is 4.79 Å². The average molecular weight is 364 g/mol. The van der Waals surface area contributed by atoms with Gasteiger partial charge in [-0.3, -0.25) is 4.79 Å². The number of carbonyl (C=O) groups excluding carboxylic acids is 1. The second kappa shape index (κ2) is 6.86. The van der Waals surface area contributed by atoms with Crippen LogP contribution >= 0.6 is 34.7 Å². The zero-order valence-electron chi connectivity index (χ0n) is 12.5. The molecule has 0 bridgehead atoms. The standard InChI is InChI=1S/C16H14ClN3OS2/c1-9-8-12-13(17)19-16(20-15(12)22-9)23-10(2)14(21)18-11-6-4-3-5-7-11/h3-8,10H,1-2H3,(H,18,21). The Morgan fingerprint density at radius 1 is 1.30 bits per heavy atom. The van der Waals surface area contributed by atoms with Crippen molar-refractivity contribution in [3.05, 3.63) is 46.4 Å². The molecule has 0 aliphatic heterocycles. The third-order valence-electron chi connectivity index (χ3n) is 3.14. The number of carbonyl (C=O) groups is 1. The lowest BCUT2D eigenvalue weighted by atomic mass is 10.3. The number of benzene rings is 1. The average Bonchev–Trinajstić information content (AvgIpc) is 2.89. The molecule has 0 spiro atoms. The van der Waals surface area contributed by atoms with Crippen molar-refractivity contribution in [1.82, 2.24) is 9.97 Å². The lowest BCUT2D eigenvalue weighted by Gasteiger charge is -2.11. The summed E-state index contributed by atoms with van der Waals surface area (Å²) in [6, 6.07) is 11.3. The van der Waals surface area contributed by atoms with E-state index in [4.69, 9.17) is 11.6 Å². The van der Waals surface area contributed by atoms with Gasteiger partial charge in [0, 0.05) is 16.0 Å². The fourth-order valence-corrected chi connectivity index (χ4v) is 4.06. The molecular formula is C16H14ClN3OS2. The Balaban J connectivity index is 1.74. The Labute approximate surface area is 147 Å². The smallest absolute Gasteiger partial charge is 0.237 e. The summed E-state index contributed by atoms with van der Waals surface area (Å²) in [5.74, 6) is -0.0941. The van der Waals surface area contributed by atoms with Gasteiger partial charge in [0.05, 0.1) is 5.25 Å². The number of thioether (sulfide) groups is 1. The number of rotatable bonds is 4. The number of fused-ring (bicyclic) bond motifs is 1. The fraction of sp³-hybridized carbons (Fsp3) is 0.188. The van der Waals surface area contributed by atoms with E-state index in [2.05, 4.69) is 15.3 Å². The summed E-state index contributed by atoms with van der Waals surface area (Å²) >= 11 is 9.08. The lowest BCUT2D eigenvalue weighted by Crippen LogP contribution is -2.22. The Bertz CT molecular complexity index is 851. The van der Waals surface area contributed by atoms with E-state index in [1.54, 1.807) is 11.3 Å². The van der Waals surface area contributed by atoms with Gasteiger partial charge < -0.3 is 5.32 Å². The maximum atomic E-state index is 12.3. The molecule has 0 saturated carbocycles. The molecule has 4 nitrogen and oxygen atoms in total. The van der Waals surface area contributed by atoms with Crippen LogP contribution in [0.15, 0.2) is 41.6 Å². The second-order valence-corrected chi connectivity index (χ2v) is 7.89. The predicted molar refractivity (Wildman–Crippen MR) is 97.6 cm³/mol. The van der Waals surface area contributed by atoms with Crippen LogP contribution in [-0.2, 0) is 4.79 Å². The lowest BCUT2D eigenvalue weighted by molar-refractivity contribution is -0.115. The number of hydrogen-bond acceptors (Lipinski definition) is 5. The fourth-order valence-electron chi connectivity index (χ4n) is 2.02. The highest BCUT2D eigenvalue weighted by Gasteiger charge is 2.18. The van der Waals surface area contributed by atoms with Crippen molar-refractivity contribution in [3.63, 3.8) is 0 Å². The van der Waals surface area contributed by atoms with Crippen LogP contribution in [0.25, 0.3) is 10.2 Å². The first-order valence-corrected chi connectivity index (χ1v) is 9.06. The van der Waals surface area contributed by atoms with Crippen LogP contribution in [0.3, 0.4) is 0 Å². The van der Waals surface area contributed by atoms with Gasteiger partial charge in [-0.05, 0) is 32.0 Å². The van der Waals surface area contributed by atoms with E-state index >= 15 is 0 Å². The molecule has 2 aromatic heterocycles. The minimum atomic E-state index is -0.329. The number of nitrogens with zero attached hydrogens (tertiary/aromatic N) is 2. The third kappa shape index (κ3) is 3.83.